The Balaban J connectivity index is 2.06. The molecule has 2 atom stereocenters. The van der Waals surface area contributed by atoms with Crippen LogP contribution in [0.4, 0.5) is 0 Å². The molecule has 20 heavy (non-hydrogen) atoms. The maximum absolute atomic E-state index is 11.7. The van der Waals surface area contributed by atoms with E-state index in [4.69, 9.17) is 5.73 Å². The van der Waals surface area contributed by atoms with Gasteiger partial charge in [0.25, 0.3) is 0 Å². The highest BCUT2D eigenvalue weighted by Gasteiger charge is 2.31. The number of thiophene rings is 1. The Hall–Kier alpha value is -0.910. The van der Waals surface area contributed by atoms with E-state index >= 15 is 0 Å². The molecule has 0 spiro atoms. The van der Waals surface area contributed by atoms with E-state index in [1.165, 1.54) is 10.4 Å². The molecule has 2 unspecified atom stereocenters. The number of hydrogen-bond acceptors (Lipinski definition) is 4. The summed E-state index contributed by atoms with van der Waals surface area (Å²) in [5.74, 6) is 0.337. The first-order chi connectivity index (χ1) is 9.54. The van der Waals surface area contributed by atoms with Gasteiger partial charge >= 0.3 is 0 Å². The van der Waals surface area contributed by atoms with Crippen LogP contribution in [0.1, 0.15) is 36.2 Å². The van der Waals surface area contributed by atoms with Gasteiger partial charge in [0.05, 0.1) is 6.04 Å². The van der Waals surface area contributed by atoms with E-state index < -0.39 is 0 Å². The molecule has 2 rings (SSSR count). The Morgan fingerprint density at radius 1 is 1.50 bits per heavy atom. The molecule has 1 aromatic heterocycles. The molecule has 0 aromatic carbocycles. The largest absolute Gasteiger partial charge is 0.359 e. The van der Waals surface area contributed by atoms with E-state index in [-0.39, 0.29) is 23.9 Å². The minimum Gasteiger partial charge on any atom is -0.359 e. The molecule has 1 aliphatic rings. The molecule has 1 saturated heterocycles. The minimum absolute atomic E-state index is 0.101. The fraction of sp³-hybridized carbons (Fsp3) is 0.667. The Morgan fingerprint density at radius 3 is 2.60 bits per heavy atom. The van der Waals surface area contributed by atoms with Gasteiger partial charge in [0, 0.05) is 23.9 Å². The second-order valence-electron chi connectivity index (χ2n) is 5.70. The second kappa shape index (κ2) is 6.70. The lowest BCUT2D eigenvalue weighted by Crippen LogP contribution is -2.45. The van der Waals surface area contributed by atoms with Crippen LogP contribution in [0, 0.1) is 12.8 Å². The summed E-state index contributed by atoms with van der Waals surface area (Å²) in [6, 6.07) is 2.54. The number of carbonyl (C=O) groups is 1. The van der Waals surface area contributed by atoms with Crippen LogP contribution in [0.25, 0.3) is 0 Å². The zero-order chi connectivity index (χ0) is 14.7. The summed E-state index contributed by atoms with van der Waals surface area (Å²) in [5, 5.41) is 4.89. The Morgan fingerprint density at radius 2 is 2.15 bits per heavy atom. The number of aryl methyl sites for hydroxylation is 1. The standard InChI is InChI=1S/C15H25N3OS/c1-10-6-9-20-14(10)13(11(2)16)18-7-4-12(5-8-18)15(19)17-3/h6,9,11-13H,4-5,7-8,16H2,1-3H3,(H,17,19). The van der Waals surface area contributed by atoms with Crippen molar-refractivity contribution in [3.05, 3.63) is 21.9 Å². The number of amides is 1. The van der Waals surface area contributed by atoms with Gasteiger partial charge in [-0.05, 0) is 56.8 Å². The fourth-order valence-electron chi connectivity index (χ4n) is 3.07. The maximum Gasteiger partial charge on any atom is 0.222 e. The average molecular weight is 295 g/mol. The Kier molecular flexibility index (Phi) is 5.18. The van der Waals surface area contributed by atoms with Gasteiger partial charge in [-0.1, -0.05) is 0 Å². The third kappa shape index (κ3) is 3.22. The van der Waals surface area contributed by atoms with Gasteiger partial charge < -0.3 is 11.1 Å². The second-order valence-corrected chi connectivity index (χ2v) is 6.64. The van der Waals surface area contributed by atoms with E-state index in [1.807, 2.05) is 0 Å². The molecule has 2 heterocycles. The van der Waals surface area contributed by atoms with Crippen molar-refractivity contribution >= 4 is 17.2 Å². The number of nitrogens with zero attached hydrogens (tertiary/aromatic N) is 1. The average Bonchev–Trinajstić information content (AvgIpc) is 2.85. The van der Waals surface area contributed by atoms with E-state index in [0.29, 0.717) is 0 Å². The first-order valence-electron chi connectivity index (χ1n) is 7.29. The summed E-state index contributed by atoms with van der Waals surface area (Å²) < 4.78 is 0. The highest BCUT2D eigenvalue weighted by Crippen LogP contribution is 2.33. The molecule has 0 bridgehead atoms. The smallest absolute Gasteiger partial charge is 0.222 e. The molecule has 0 aliphatic carbocycles. The highest BCUT2D eigenvalue weighted by atomic mass is 32.1. The molecule has 4 nitrogen and oxygen atoms in total. The van der Waals surface area contributed by atoms with E-state index in [1.54, 1.807) is 18.4 Å². The lowest BCUT2D eigenvalue weighted by Gasteiger charge is -2.38. The van der Waals surface area contributed by atoms with E-state index in [2.05, 4.69) is 35.5 Å². The monoisotopic (exact) mass is 295 g/mol. The molecular weight excluding hydrogens is 270 g/mol. The number of nitrogens with one attached hydrogen (secondary N) is 1. The van der Waals surface area contributed by atoms with Crippen molar-refractivity contribution in [1.82, 2.24) is 10.2 Å². The quantitative estimate of drug-likeness (QED) is 0.892. The van der Waals surface area contributed by atoms with Crippen LogP contribution in [0.5, 0.6) is 0 Å². The van der Waals surface area contributed by atoms with Gasteiger partial charge in [0.1, 0.15) is 0 Å². The van der Waals surface area contributed by atoms with Gasteiger partial charge in [-0.25, -0.2) is 0 Å². The lowest BCUT2D eigenvalue weighted by atomic mass is 9.93. The van der Waals surface area contributed by atoms with Crippen molar-refractivity contribution in [2.75, 3.05) is 20.1 Å². The van der Waals surface area contributed by atoms with Crippen LogP contribution in [0.3, 0.4) is 0 Å². The summed E-state index contributed by atoms with van der Waals surface area (Å²) >= 11 is 1.79. The molecule has 1 aromatic rings. The third-order valence-corrected chi connectivity index (χ3v) is 5.30. The Bertz CT molecular complexity index is 450. The first kappa shape index (κ1) is 15.5. The minimum atomic E-state index is 0.101. The maximum atomic E-state index is 11.7. The SMILES string of the molecule is CNC(=O)C1CCN(C(c2sccc2C)C(C)N)CC1. The molecule has 0 saturated carbocycles. The predicted molar refractivity (Wildman–Crippen MR) is 83.8 cm³/mol. The van der Waals surface area contributed by atoms with Crippen LogP contribution in [0.2, 0.25) is 0 Å². The van der Waals surface area contributed by atoms with Gasteiger partial charge in [0.15, 0.2) is 0 Å². The predicted octanol–water partition coefficient (Wildman–Crippen LogP) is 1.90. The van der Waals surface area contributed by atoms with Gasteiger partial charge in [-0.15, -0.1) is 11.3 Å². The van der Waals surface area contributed by atoms with Crippen molar-refractivity contribution < 1.29 is 4.79 Å². The van der Waals surface area contributed by atoms with Crippen LogP contribution in [0.15, 0.2) is 11.4 Å². The van der Waals surface area contributed by atoms with Crippen LogP contribution in [-0.4, -0.2) is 37.0 Å². The molecule has 1 aliphatic heterocycles. The number of rotatable bonds is 4. The molecular formula is C15H25N3OS. The van der Waals surface area contributed by atoms with E-state index in [0.717, 1.165) is 25.9 Å². The lowest BCUT2D eigenvalue weighted by molar-refractivity contribution is -0.126. The van der Waals surface area contributed by atoms with Gasteiger partial charge in [-0.2, -0.15) is 0 Å². The molecule has 1 fully saturated rings. The molecule has 0 radical (unpaired) electrons. The summed E-state index contributed by atoms with van der Waals surface area (Å²) in [4.78, 5) is 15.5. The third-order valence-electron chi connectivity index (χ3n) is 4.21. The summed E-state index contributed by atoms with van der Waals surface area (Å²) in [6.45, 7) is 6.12. The zero-order valence-electron chi connectivity index (χ0n) is 12.6. The van der Waals surface area contributed by atoms with Crippen molar-refractivity contribution in [2.45, 2.75) is 38.8 Å². The van der Waals surface area contributed by atoms with Crippen LogP contribution < -0.4 is 11.1 Å². The number of nitrogens with two attached hydrogens (primary N) is 1. The number of hydrogen-bond donors (Lipinski definition) is 2. The number of piperidine rings is 1. The highest BCUT2D eigenvalue weighted by molar-refractivity contribution is 7.10. The van der Waals surface area contributed by atoms with Crippen molar-refractivity contribution in [1.29, 1.82) is 0 Å². The Labute approximate surface area is 125 Å². The summed E-state index contributed by atoms with van der Waals surface area (Å²) in [7, 11) is 1.72. The topological polar surface area (TPSA) is 58.4 Å². The molecule has 1 amide bonds. The summed E-state index contributed by atoms with van der Waals surface area (Å²) in [5.41, 5.74) is 7.56. The summed E-state index contributed by atoms with van der Waals surface area (Å²) in [6.07, 6.45) is 1.85. The number of likely N-dealkylation sites (tertiary alicyclic amines) is 1. The molecule has 3 N–H and O–H groups in total. The zero-order valence-corrected chi connectivity index (χ0v) is 13.4. The fourth-order valence-corrected chi connectivity index (χ4v) is 4.24. The normalized spacial score (nSPS) is 20.6. The van der Waals surface area contributed by atoms with Crippen molar-refractivity contribution in [3.8, 4) is 0 Å². The van der Waals surface area contributed by atoms with Crippen LogP contribution >= 0.6 is 11.3 Å². The van der Waals surface area contributed by atoms with Crippen molar-refractivity contribution in [2.24, 2.45) is 11.7 Å². The van der Waals surface area contributed by atoms with E-state index in [9.17, 15) is 4.79 Å². The van der Waals surface area contributed by atoms with Crippen LogP contribution in [-0.2, 0) is 4.79 Å². The first-order valence-corrected chi connectivity index (χ1v) is 8.17. The molecule has 112 valence electrons. The van der Waals surface area contributed by atoms with Gasteiger partial charge in [0.2, 0.25) is 5.91 Å². The van der Waals surface area contributed by atoms with Crippen molar-refractivity contribution in [3.63, 3.8) is 0 Å². The molecule has 5 heteroatoms. The number of carbonyl (C=O) groups excluding carboxylic acids is 1. The van der Waals surface area contributed by atoms with Gasteiger partial charge in [-0.3, -0.25) is 9.69 Å².